The Bertz CT molecular complexity index is 1070. The van der Waals surface area contributed by atoms with Crippen LogP contribution in [0, 0.1) is 11.3 Å². The van der Waals surface area contributed by atoms with E-state index in [1.807, 2.05) is 17.5 Å². The second-order valence-corrected chi connectivity index (χ2v) is 7.22. The Morgan fingerprint density at radius 2 is 1.96 bits per heavy atom. The second-order valence-electron chi connectivity index (χ2n) is 5.55. The zero-order valence-electron chi connectivity index (χ0n) is 15.0. The fourth-order valence-corrected chi connectivity index (χ4v) is 3.49. The molecule has 8 heteroatoms. The van der Waals surface area contributed by atoms with Crippen LogP contribution < -0.4 is 14.8 Å². The Hall–Kier alpha value is -2.72. The number of ether oxygens (including phenoxy) is 2. The van der Waals surface area contributed by atoms with E-state index in [0.29, 0.717) is 37.8 Å². The van der Waals surface area contributed by atoms with Crippen LogP contribution in [-0.4, -0.2) is 19.2 Å². The third-order valence-corrected chi connectivity index (χ3v) is 5.47. The molecule has 0 fully saturated rings. The quantitative estimate of drug-likeness (QED) is 0.476. The smallest absolute Gasteiger partial charge is 0.145 e. The number of allylic oxidation sites excluding steroid dienone is 1. The minimum atomic E-state index is 0.397. The first-order valence-corrected chi connectivity index (χ1v) is 9.69. The molecule has 3 aromatic rings. The van der Waals surface area contributed by atoms with E-state index in [9.17, 15) is 5.26 Å². The first-order chi connectivity index (χ1) is 13.5. The zero-order chi connectivity index (χ0) is 20.1. The summed E-state index contributed by atoms with van der Waals surface area (Å²) in [6.07, 6.45) is 1.60. The lowest BCUT2D eigenvalue weighted by molar-refractivity contribution is 0.395. The summed E-state index contributed by atoms with van der Waals surface area (Å²) in [5.74, 6) is 1.28. The molecule has 0 bridgehead atoms. The molecule has 0 spiro atoms. The van der Waals surface area contributed by atoms with Crippen molar-refractivity contribution in [2.45, 2.75) is 0 Å². The summed E-state index contributed by atoms with van der Waals surface area (Å²) in [7, 11) is 3.16. The van der Waals surface area contributed by atoms with E-state index in [1.165, 1.54) is 11.3 Å². The van der Waals surface area contributed by atoms with Gasteiger partial charge in [-0.1, -0.05) is 29.3 Å². The molecule has 0 saturated carbocycles. The molecule has 2 aromatic carbocycles. The van der Waals surface area contributed by atoms with Gasteiger partial charge < -0.3 is 14.8 Å². The topological polar surface area (TPSA) is 67.2 Å². The Morgan fingerprint density at radius 1 is 1.14 bits per heavy atom. The van der Waals surface area contributed by atoms with E-state index < -0.39 is 0 Å². The molecule has 1 N–H and O–H groups in total. The first kappa shape index (κ1) is 20.0. The van der Waals surface area contributed by atoms with Gasteiger partial charge in [0, 0.05) is 23.2 Å². The molecule has 3 rings (SSSR count). The van der Waals surface area contributed by atoms with E-state index in [-0.39, 0.29) is 0 Å². The number of hydrogen-bond donors (Lipinski definition) is 1. The highest BCUT2D eigenvalue weighted by Crippen LogP contribution is 2.32. The standard InChI is InChI=1S/C20H15Cl2N3O2S/c1-26-14-4-6-17(19(8-14)27-2)24-10-13(9-23)20-25-18(11-28-20)12-3-5-15(21)16(22)7-12/h3-8,10-11,24H,1-2H3/b13-10-. The maximum atomic E-state index is 9.55. The van der Waals surface area contributed by atoms with Crippen molar-refractivity contribution in [1.82, 2.24) is 4.98 Å². The van der Waals surface area contributed by atoms with Gasteiger partial charge in [-0.15, -0.1) is 11.3 Å². The molecular formula is C20H15Cl2N3O2S. The first-order valence-electron chi connectivity index (χ1n) is 8.06. The van der Waals surface area contributed by atoms with Gasteiger partial charge in [0.25, 0.3) is 0 Å². The number of nitrogens with one attached hydrogen (secondary N) is 1. The Balaban J connectivity index is 1.85. The van der Waals surface area contributed by atoms with Crippen LogP contribution in [0.5, 0.6) is 11.5 Å². The average molecular weight is 432 g/mol. The van der Waals surface area contributed by atoms with Crippen molar-refractivity contribution in [3.8, 4) is 28.8 Å². The van der Waals surface area contributed by atoms with Crippen molar-refractivity contribution >= 4 is 45.8 Å². The Morgan fingerprint density at radius 3 is 2.64 bits per heavy atom. The largest absolute Gasteiger partial charge is 0.497 e. The molecule has 0 amide bonds. The van der Waals surface area contributed by atoms with Crippen LogP contribution in [0.2, 0.25) is 10.0 Å². The minimum absolute atomic E-state index is 0.397. The molecule has 0 aliphatic rings. The molecule has 1 heterocycles. The van der Waals surface area contributed by atoms with Crippen molar-refractivity contribution in [2.75, 3.05) is 19.5 Å². The van der Waals surface area contributed by atoms with Crippen molar-refractivity contribution in [1.29, 1.82) is 5.26 Å². The minimum Gasteiger partial charge on any atom is -0.497 e. The summed E-state index contributed by atoms with van der Waals surface area (Å²) in [5, 5.41) is 16.0. The van der Waals surface area contributed by atoms with Crippen molar-refractivity contribution in [2.24, 2.45) is 0 Å². The van der Waals surface area contributed by atoms with Crippen LogP contribution >= 0.6 is 34.5 Å². The number of nitrogens with zero attached hydrogens (tertiary/aromatic N) is 2. The average Bonchev–Trinajstić information content (AvgIpc) is 3.20. The number of thiazole rings is 1. The maximum Gasteiger partial charge on any atom is 0.145 e. The van der Waals surface area contributed by atoms with Crippen LogP contribution in [0.15, 0.2) is 48.0 Å². The highest BCUT2D eigenvalue weighted by Gasteiger charge is 2.11. The molecule has 28 heavy (non-hydrogen) atoms. The van der Waals surface area contributed by atoms with Gasteiger partial charge in [0.05, 0.1) is 35.6 Å². The number of nitriles is 1. The van der Waals surface area contributed by atoms with Gasteiger partial charge in [0.15, 0.2) is 0 Å². The molecule has 0 saturated heterocycles. The van der Waals surface area contributed by atoms with E-state index in [1.54, 1.807) is 44.7 Å². The molecule has 142 valence electrons. The van der Waals surface area contributed by atoms with Crippen molar-refractivity contribution in [3.05, 3.63) is 63.0 Å². The van der Waals surface area contributed by atoms with Gasteiger partial charge in [-0.2, -0.15) is 5.26 Å². The zero-order valence-corrected chi connectivity index (χ0v) is 17.3. The predicted octanol–water partition coefficient (Wildman–Crippen LogP) is 6.11. The summed E-state index contributed by atoms with van der Waals surface area (Å²) in [6, 6.07) is 12.8. The summed E-state index contributed by atoms with van der Waals surface area (Å²) in [5.41, 5.74) is 2.66. The highest BCUT2D eigenvalue weighted by atomic mass is 35.5. The van der Waals surface area contributed by atoms with Gasteiger partial charge in [0.2, 0.25) is 0 Å². The van der Waals surface area contributed by atoms with Crippen molar-refractivity contribution < 1.29 is 9.47 Å². The number of benzene rings is 2. The van der Waals surface area contributed by atoms with Gasteiger partial charge in [-0.3, -0.25) is 0 Å². The number of methoxy groups -OCH3 is 2. The van der Waals surface area contributed by atoms with Crippen LogP contribution in [0.3, 0.4) is 0 Å². The van der Waals surface area contributed by atoms with Gasteiger partial charge in [-0.25, -0.2) is 4.98 Å². The van der Waals surface area contributed by atoms with Crippen molar-refractivity contribution in [3.63, 3.8) is 0 Å². The molecule has 1 aromatic heterocycles. The fourth-order valence-electron chi connectivity index (χ4n) is 2.40. The number of anilines is 1. The predicted molar refractivity (Wildman–Crippen MR) is 114 cm³/mol. The molecular weight excluding hydrogens is 417 g/mol. The van der Waals surface area contributed by atoms with Crippen LogP contribution in [-0.2, 0) is 0 Å². The molecule has 5 nitrogen and oxygen atoms in total. The maximum absolute atomic E-state index is 9.55. The van der Waals surface area contributed by atoms with Gasteiger partial charge >= 0.3 is 0 Å². The van der Waals surface area contributed by atoms with E-state index in [0.717, 1.165) is 11.3 Å². The van der Waals surface area contributed by atoms with E-state index in [2.05, 4.69) is 16.4 Å². The van der Waals surface area contributed by atoms with Crippen LogP contribution in [0.25, 0.3) is 16.8 Å². The lowest BCUT2D eigenvalue weighted by atomic mass is 10.2. The van der Waals surface area contributed by atoms with Crippen LogP contribution in [0.1, 0.15) is 5.01 Å². The monoisotopic (exact) mass is 431 g/mol. The number of hydrogen-bond acceptors (Lipinski definition) is 6. The molecule has 0 aliphatic carbocycles. The number of halogens is 2. The Labute approximate surface area is 176 Å². The molecule has 0 atom stereocenters. The van der Waals surface area contributed by atoms with Gasteiger partial charge in [0.1, 0.15) is 28.1 Å². The normalized spacial score (nSPS) is 11.0. The summed E-state index contributed by atoms with van der Waals surface area (Å²) >= 11 is 13.4. The number of rotatable bonds is 6. The highest BCUT2D eigenvalue weighted by molar-refractivity contribution is 7.11. The SMILES string of the molecule is COc1ccc(N/C=C(/C#N)c2nc(-c3ccc(Cl)c(Cl)c3)cs2)c(OC)c1. The summed E-state index contributed by atoms with van der Waals surface area (Å²) < 4.78 is 10.5. The summed E-state index contributed by atoms with van der Waals surface area (Å²) in [4.78, 5) is 4.54. The Kier molecular flexibility index (Phi) is 6.42. The van der Waals surface area contributed by atoms with E-state index in [4.69, 9.17) is 32.7 Å². The van der Waals surface area contributed by atoms with E-state index >= 15 is 0 Å². The molecule has 0 radical (unpaired) electrons. The third kappa shape index (κ3) is 4.39. The number of aromatic nitrogens is 1. The van der Waals surface area contributed by atoms with Crippen LogP contribution in [0.4, 0.5) is 5.69 Å². The summed E-state index contributed by atoms with van der Waals surface area (Å²) in [6.45, 7) is 0. The molecule has 0 unspecified atom stereocenters. The molecule has 0 aliphatic heterocycles. The van der Waals surface area contributed by atoms with Gasteiger partial charge in [-0.05, 0) is 24.3 Å². The second kappa shape index (κ2) is 8.98. The fraction of sp³-hybridized carbons (Fsp3) is 0.100. The lowest BCUT2D eigenvalue weighted by Crippen LogP contribution is -1.95. The third-order valence-electron chi connectivity index (χ3n) is 3.85. The lowest BCUT2D eigenvalue weighted by Gasteiger charge is -2.10.